The zero-order valence-corrected chi connectivity index (χ0v) is 20.0. The van der Waals surface area contributed by atoms with E-state index in [-0.39, 0.29) is 12.8 Å². The van der Waals surface area contributed by atoms with Crippen molar-refractivity contribution in [3.63, 3.8) is 0 Å². The summed E-state index contributed by atoms with van der Waals surface area (Å²) < 4.78 is 8.66. The van der Waals surface area contributed by atoms with E-state index in [2.05, 4.69) is 15.6 Å². The van der Waals surface area contributed by atoms with Crippen molar-refractivity contribution >= 4 is 40.4 Å². The number of nitrogens with two attached hydrogens (primary N) is 2. The molecule has 0 unspecified atom stereocenters. The number of carbonyl (C=O) groups is 5. The Labute approximate surface area is 204 Å². The molecule has 1 aromatic heterocycles. The number of amides is 5. The Kier molecular flexibility index (Phi) is 7.04. The van der Waals surface area contributed by atoms with Crippen molar-refractivity contribution in [2.75, 3.05) is 0 Å². The van der Waals surface area contributed by atoms with Crippen molar-refractivity contribution in [3.8, 4) is 0 Å². The van der Waals surface area contributed by atoms with E-state index in [0.717, 1.165) is 22.2 Å². The van der Waals surface area contributed by atoms with Gasteiger partial charge >= 0.3 is 0 Å². The number of nitrogens with one attached hydrogen (secondary N) is 4. The second kappa shape index (κ2) is 10.2. The molecule has 3 rings (SSSR count). The number of fused-ring (bicyclic) bond motifs is 3. The van der Waals surface area contributed by atoms with Gasteiger partial charge in [-0.1, -0.05) is 32.0 Å². The highest BCUT2D eigenvalue weighted by Gasteiger charge is 2.45. The van der Waals surface area contributed by atoms with Crippen molar-refractivity contribution in [1.82, 2.24) is 20.9 Å². The molecule has 0 saturated carbocycles. The predicted octanol–water partition coefficient (Wildman–Crippen LogP) is -0.482. The molecule has 2 aromatic rings. The van der Waals surface area contributed by atoms with Crippen molar-refractivity contribution in [2.45, 2.75) is 64.1 Å². The minimum Gasteiger partial charge on any atom is -0.370 e. The van der Waals surface area contributed by atoms with E-state index in [1.165, 1.54) is 6.92 Å². The fraction of sp³-hybridized carbons (Fsp3) is 0.458. The van der Waals surface area contributed by atoms with Crippen molar-refractivity contribution in [1.29, 1.82) is 0 Å². The maximum Gasteiger partial charge on any atom is 0.246 e. The van der Waals surface area contributed by atoms with E-state index in [0.29, 0.717) is 11.7 Å². The molecule has 35 heavy (non-hydrogen) atoms. The first kappa shape index (κ1) is 24.2. The van der Waals surface area contributed by atoms with Crippen LogP contribution in [0.4, 0.5) is 0 Å². The lowest BCUT2D eigenvalue weighted by molar-refractivity contribution is -0.137. The van der Waals surface area contributed by atoms with Crippen LogP contribution in [0.3, 0.4) is 0 Å². The first-order valence-corrected chi connectivity index (χ1v) is 11.4. The zero-order chi connectivity index (χ0) is 26.8. The van der Waals surface area contributed by atoms with Crippen LogP contribution >= 0.6 is 0 Å². The number of aromatic nitrogens is 1. The highest BCUT2D eigenvalue weighted by Crippen LogP contribution is 2.34. The fourth-order valence-corrected chi connectivity index (χ4v) is 4.52. The second-order valence-electron chi connectivity index (χ2n) is 9.32. The highest BCUT2D eigenvalue weighted by molar-refractivity contribution is 5.98. The Bertz CT molecular complexity index is 1210. The van der Waals surface area contributed by atoms with Crippen LogP contribution < -0.4 is 27.4 Å². The van der Waals surface area contributed by atoms with Crippen molar-refractivity contribution < 1.29 is 25.4 Å². The number of H-pyrrole nitrogens is 1. The third-order valence-electron chi connectivity index (χ3n) is 6.23. The normalized spacial score (nSPS) is 19.3. The third-order valence-corrected chi connectivity index (χ3v) is 6.23. The Morgan fingerprint density at radius 2 is 1.86 bits per heavy atom. The average Bonchev–Trinajstić information content (AvgIpc) is 3.14. The first-order chi connectivity index (χ1) is 16.9. The van der Waals surface area contributed by atoms with Gasteiger partial charge in [0.1, 0.15) is 17.6 Å². The lowest BCUT2D eigenvalue weighted by atomic mass is 9.78. The summed E-state index contributed by atoms with van der Waals surface area (Å²) >= 11 is 0. The van der Waals surface area contributed by atoms with E-state index in [1.54, 1.807) is 13.8 Å². The molecule has 11 nitrogen and oxygen atoms in total. The van der Waals surface area contributed by atoms with Gasteiger partial charge in [-0.15, -0.1) is 0 Å². The first-order valence-electron chi connectivity index (χ1n) is 11.9. The molecule has 0 radical (unpaired) electrons. The Morgan fingerprint density at radius 3 is 2.46 bits per heavy atom. The van der Waals surface area contributed by atoms with Gasteiger partial charge in [0.05, 0.1) is 6.42 Å². The van der Waals surface area contributed by atoms with Gasteiger partial charge in [-0.05, 0) is 30.4 Å². The summed E-state index contributed by atoms with van der Waals surface area (Å²) in [5, 5.41) is 6.56. The Balaban J connectivity index is 1.94. The van der Waals surface area contributed by atoms with Crippen LogP contribution in [-0.2, 0) is 36.8 Å². The standard InChI is InChI=1S/C24H32N6O5/c1-12(2)20(22(34)28-18(21(26)33)10-19(25)32)29-23(35)24(30-13(3)31)9-8-17-15(11-24)14-6-4-5-7-16(14)27-17/h4-7,12,18,20,27H,8-11H2,1-3H3,(H2,25,32)(H2,26,33)(H,28,34)(H,29,35)(H,30,31)/t18-,20-,24-/m0/s1/i/hD. The molecule has 11 heteroatoms. The van der Waals surface area contributed by atoms with Gasteiger partial charge in [0.15, 0.2) is 1.41 Å². The molecule has 188 valence electrons. The van der Waals surface area contributed by atoms with Crippen LogP contribution in [-0.4, -0.2) is 52.1 Å². The largest absolute Gasteiger partial charge is 0.370 e. The maximum atomic E-state index is 13.8. The van der Waals surface area contributed by atoms with Gasteiger partial charge < -0.3 is 32.4 Å². The van der Waals surface area contributed by atoms with Gasteiger partial charge in [-0.2, -0.15) is 0 Å². The fourth-order valence-electron chi connectivity index (χ4n) is 4.52. The highest BCUT2D eigenvalue weighted by atomic mass is 16.2. The minimum absolute atomic E-state index is 0.137. The molecule has 1 aromatic carbocycles. The van der Waals surface area contributed by atoms with Crippen LogP contribution in [0.1, 0.15) is 44.9 Å². The summed E-state index contributed by atoms with van der Waals surface area (Å²) in [6, 6.07) is 4.90. The van der Waals surface area contributed by atoms with Crippen molar-refractivity contribution in [3.05, 3.63) is 35.5 Å². The van der Waals surface area contributed by atoms with E-state index < -0.39 is 59.5 Å². The predicted molar refractivity (Wildman–Crippen MR) is 129 cm³/mol. The number of rotatable bonds is 9. The maximum absolute atomic E-state index is 13.8. The van der Waals surface area contributed by atoms with Crippen LogP contribution in [0.5, 0.6) is 0 Å². The van der Waals surface area contributed by atoms with Crippen LogP contribution in [0.15, 0.2) is 24.3 Å². The van der Waals surface area contributed by atoms with E-state index in [1.807, 2.05) is 24.3 Å². The summed E-state index contributed by atoms with van der Waals surface area (Å²) in [5.41, 5.74) is 11.7. The molecule has 1 heterocycles. The molecule has 0 fully saturated rings. The SMILES string of the molecule is [2H]N(C(=O)[C@]1(NC(C)=O)CCc2[nH]c3ccccc3c2C1)[C@H](C(=O)N[C@@H](CC(N)=O)C(N)=O)C(C)C. The number of para-hydroxylation sites is 1. The van der Waals surface area contributed by atoms with E-state index >= 15 is 0 Å². The molecule has 3 atom stereocenters. The average molecular weight is 486 g/mol. The molecular weight excluding hydrogens is 452 g/mol. The van der Waals surface area contributed by atoms with Crippen LogP contribution in [0, 0.1) is 5.92 Å². The molecule has 0 saturated heterocycles. The summed E-state index contributed by atoms with van der Waals surface area (Å²) in [4.78, 5) is 65.5. The van der Waals surface area contributed by atoms with Gasteiger partial charge in [-0.3, -0.25) is 24.0 Å². The molecule has 0 aliphatic heterocycles. The number of hydrogen-bond acceptors (Lipinski definition) is 5. The number of hydrogen-bond donors (Lipinski definition) is 6. The Hall–Kier alpha value is -3.89. The van der Waals surface area contributed by atoms with Gasteiger partial charge in [0.25, 0.3) is 0 Å². The van der Waals surface area contributed by atoms with Crippen molar-refractivity contribution in [2.24, 2.45) is 17.4 Å². The topological polar surface area (TPSA) is 189 Å². The quantitative estimate of drug-likeness (QED) is 0.279. The second-order valence-corrected chi connectivity index (χ2v) is 9.32. The number of benzene rings is 1. The van der Waals surface area contributed by atoms with Gasteiger partial charge in [-0.25, -0.2) is 0 Å². The number of primary amides is 2. The molecule has 0 spiro atoms. The lowest BCUT2D eigenvalue weighted by Crippen LogP contribution is -2.65. The van der Waals surface area contributed by atoms with Gasteiger partial charge in [0.2, 0.25) is 29.5 Å². The van der Waals surface area contributed by atoms with E-state index in [9.17, 15) is 24.0 Å². The molecule has 8 N–H and O–H groups in total. The summed E-state index contributed by atoms with van der Waals surface area (Å²) in [6.45, 7) is 4.56. The molecule has 5 amide bonds. The number of aryl methyl sites for hydroxylation is 1. The van der Waals surface area contributed by atoms with Crippen LogP contribution in [0.2, 0.25) is 1.41 Å². The smallest absolute Gasteiger partial charge is 0.246 e. The van der Waals surface area contributed by atoms with Crippen LogP contribution in [0.25, 0.3) is 10.9 Å². The van der Waals surface area contributed by atoms with E-state index in [4.69, 9.17) is 12.9 Å². The molecule has 1 aliphatic carbocycles. The summed E-state index contributed by atoms with van der Waals surface area (Å²) in [5.74, 6) is -4.40. The van der Waals surface area contributed by atoms with Gasteiger partial charge in [0, 0.05) is 29.9 Å². The minimum atomic E-state index is -1.45. The monoisotopic (exact) mass is 485 g/mol. The molecular formula is C24H32N6O5. The lowest BCUT2D eigenvalue weighted by Gasteiger charge is -2.38. The third kappa shape index (κ3) is 5.61. The Morgan fingerprint density at radius 1 is 1.17 bits per heavy atom. The number of carbonyl (C=O) groups excluding carboxylic acids is 5. The molecule has 0 bridgehead atoms. The summed E-state index contributed by atoms with van der Waals surface area (Å²) in [7, 11) is 0. The zero-order valence-electron chi connectivity index (χ0n) is 21.0. The number of aromatic amines is 1. The molecule has 1 aliphatic rings. The summed E-state index contributed by atoms with van der Waals surface area (Å²) in [6.07, 6.45) is 0.290.